The summed E-state index contributed by atoms with van der Waals surface area (Å²) < 4.78 is 7.03. The number of halogens is 1. The lowest BCUT2D eigenvalue weighted by atomic mass is 10.1. The molecule has 0 saturated carbocycles. The van der Waals surface area contributed by atoms with Crippen molar-refractivity contribution in [3.05, 3.63) is 91.2 Å². The molecule has 0 unspecified atom stereocenters. The molecule has 0 atom stereocenters. The molecule has 1 amide bonds. The molecule has 162 valence electrons. The Morgan fingerprint density at radius 1 is 1.13 bits per heavy atom. The number of nitrogens with one attached hydrogen (secondary N) is 1. The Morgan fingerprint density at radius 3 is 2.52 bits per heavy atom. The van der Waals surface area contributed by atoms with Crippen molar-refractivity contribution >= 4 is 17.5 Å². The zero-order valence-corrected chi connectivity index (χ0v) is 18.1. The molecule has 0 radical (unpaired) electrons. The van der Waals surface area contributed by atoms with Crippen LogP contribution in [0, 0.1) is 6.92 Å². The third kappa shape index (κ3) is 5.28. The molecule has 1 heterocycles. The quantitative estimate of drug-likeness (QED) is 0.539. The van der Waals surface area contributed by atoms with E-state index >= 15 is 0 Å². The lowest BCUT2D eigenvalue weighted by Gasteiger charge is -2.13. The van der Waals surface area contributed by atoms with Crippen molar-refractivity contribution < 1.29 is 9.53 Å². The number of benzene rings is 2. The van der Waals surface area contributed by atoms with E-state index in [0.717, 1.165) is 20.4 Å². The van der Waals surface area contributed by atoms with E-state index in [1.54, 1.807) is 31.4 Å². The fraction of sp³-hybridized carbons (Fsp3) is 0.273. The SMILES string of the molecule is COCCCNC(=O)c1nn(-c2ccc(Cl)cc2)c(=O)n(Cc2ccccc2C)c1=O. The van der Waals surface area contributed by atoms with E-state index in [0.29, 0.717) is 30.3 Å². The molecule has 0 fully saturated rings. The van der Waals surface area contributed by atoms with Gasteiger partial charge in [-0.2, -0.15) is 9.78 Å². The van der Waals surface area contributed by atoms with Crippen molar-refractivity contribution in [2.45, 2.75) is 19.9 Å². The fourth-order valence-corrected chi connectivity index (χ4v) is 3.13. The van der Waals surface area contributed by atoms with E-state index in [1.165, 1.54) is 0 Å². The van der Waals surface area contributed by atoms with Gasteiger partial charge < -0.3 is 10.1 Å². The predicted octanol–water partition coefficient (Wildman–Crippen LogP) is 2.17. The van der Waals surface area contributed by atoms with Gasteiger partial charge in [-0.15, -0.1) is 0 Å². The zero-order valence-electron chi connectivity index (χ0n) is 17.3. The molecule has 2 aromatic carbocycles. The van der Waals surface area contributed by atoms with Gasteiger partial charge in [0.15, 0.2) is 0 Å². The Balaban J connectivity index is 2.10. The maximum absolute atomic E-state index is 13.1. The normalized spacial score (nSPS) is 10.8. The monoisotopic (exact) mass is 442 g/mol. The maximum Gasteiger partial charge on any atom is 0.352 e. The van der Waals surface area contributed by atoms with Crippen LogP contribution in [-0.2, 0) is 11.3 Å². The van der Waals surface area contributed by atoms with Crippen LogP contribution in [0.4, 0.5) is 0 Å². The number of methoxy groups -OCH3 is 1. The Bertz CT molecular complexity index is 1190. The van der Waals surface area contributed by atoms with Crippen LogP contribution in [0.2, 0.25) is 5.02 Å². The van der Waals surface area contributed by atoms with Gasteiger partial charge in [-0.1, -0.05) is 35.9 Å². The van der Waals surface area contributed by atoms with Crippen LogP contribution < -0.4 is 16.6 Å². The molecular weight excluding hydrogens is 420 g/mol. The van der Waals surface area contributed by atoms with Gasteiger partial charge in [0, 0.05) is 25.3 Å². The molecule has 8 nitrogen and oxygen atoms in total. The van der Waals surface area contributed by atoms with E-state index in [-0.39, 0.29) is 12.2 Å². The van der Waals surface area contributed by atoms with Gasteiger partial charge in [-0.3, -0.25) is 14.2 Å². The number of aromatic nitrogens is 3. The van der Waals surface area contributed by atoms with Gasteiger partial charge >= 0.3 is 5.69 Å². The zero-order chi connectivity index (χ0) is 22.4. The average molecular weight is 443 g/mol. The highest BCUT2D eigenvalue weighted by atomic mass is 35.5. The number of carbonyl (C=O) groups excluding carboxylic acids is 1. The van der Waals surface area contributed by atoms with Crippen molar-refractivity contribution in [2.75, 3.05) is 20.3 Å². The van der Waals surface area contributed by atoms with E-state index in [4.69, 9.17) is 16.3 Å². The van der Waals surface area contributed by atoms with Crippen LogP contribution in [-0.4, -0.2) is 40.5 Å². The molecule has 0 aliphatic carbocycles. The molecule has 0 bridgehead atoms. The standard InChI is InChI=1S/C22H23ClN4O4/c1-15-6-3-4-7-16(15)14-26-21(29)19(20(28)24-12-5-13-31-2)25-27(22(26)30)18-10-8-17(23)9-11-18/h3-4,6-11H,5,12-14H2,1-2H3,(H,24,28). The van der Waals surface area contributed by atoms with Crippen LogP contribution in [0.5, 0.6) is 0 Å². The first-order chi connectivity index (χ1) is 14.9. The lowest BCUT2D eigenvalue weighted by molar-refractivity contribution is 0.0938. The van der Waals surface area contributed by atoms with E-state index in [2.05, 4.69) is 10.4 Å². The molecule has 3 rings (SSSR count). The van der Waals surface area contributed by atoms with Crippen molar-refractivity contribution in [2.24, 2.45) is 0 Å². The van der Waals surface area contributed by atoms with Crippen molar-refractivity contribution in [1.29, 1.82) is 0 Å². The third-order valence-corrected chi connectivity index (χ3v) is 5.00. The minimum atomic E-state index is -0.747. The Kier molecular flexibility index (Phi) is 7.38. The van der Waals surface area contributed by atoms with E-state index in [9.17, 15) is 14.4 Å². The van der Waals surface area contributed by atoms with Crippen LogP contribution in [0.3, 0.4) is 0 Å². The average Bonchev–Trinajstić information content (AvgIpc) is 2.76. The molecule has 1 aromatic heterocycles. The molecule has 0 saturated heterocycles. The minimum absolute atomic E-state index is 0.0183. The van der Waals surface area contributed by atoms with Gasteiger partial charge in [0.25, 0.3) is 11.5 Å². The van der Waals surface area contributed by atoms with E-state index in [1.807, 2.05) is 31.2 Å². The summed E-state index contributed by atoms with van der Waals surface area (Å²) in [7, 11) is 1.57. The van der Waals surface area contributed by atoms with E-state index < -0.39 is 17.2 Å². The van der Waals surface area contributed by atoms with Crippen molar-refractivity contribution in [3.63, 3.8) is 0 Å². The molecule has 0 aliphatic heterocycles. The Labute approximate surface area is 184 Å². The largest absolute Gasteiger partial charge is 0.385 e. The summed E-state index contributed by atoms with van der Waals surface area (Å²) in [5.41, 5.74) is 0.354. The second kappa shape index (κ2) is 10.2. The molecule has 1 N–H and O–H groups in total. The van der Waals surface area contributed by atoms with Crippen molar-refractivity contribution in [1.82, 2.24) is 19.7 Å². The summed E-state index contributed by atoms with van der Waals surface area (Å²) in [5, 5.41) is 7.22. The summed E-state index contributed by atoms with van der Waals surface area (Å²) in [4.78, 5) is 38.9. The Hall–Kier alpha value is -3.23. The highest BCUT2D eigenvalue weighted by Crippen LogP contribution is 2.12. The summed E-state index contributed by atoms with van der Waals surface area (Å²) >= 11 is 5.95. The van der Waals surface area contributed by atoms with Crippen LogP contribution in [0.1, 0.15) is 28.0 Å². The highest BCUT2D eigenvalue weighted by molar-refractivity contribution is 6.30. The number of aryl methyl sites for hydroxylation is 1. The summed E-state index contributed by atoms with van der Waals surface area (Å²) in [6, 6.07) is 13.8. The number of hydrogen-bond donors (Lipinski definition) is 1. The number of hydrogen-bond acceptors (Lipinski definition) is 5. The topological polar surface area (TPSA) is 95.2 Å². The first kappa shape index (κ1) is 22.5. The van der Waals surface area contributed by atoms with Crippen molar-refractivity contribution in [3.8, 4) is 5.69 Å². The highest BCUT2D eigenvalue weighted by Gasteiger charge is 2.20. The van der Waals surface area contributed by atoms with Gasteiger partial charge in [-0.05, 0) is 48.7 Å². The number of ether oxygens (including phenoxy) is 1. The molecular formula is C22H23ClN4O4. The Morgan fingerprint density at radius 2 is 1.84 bits per heavy atom. The van der Waals surface area contributed by atoms with Gasteiger partial charge in [-0.25, -0.2) is 4.79 Å². The van der Waals surface area contributed by atoms with Crippen LogP contribution >= 0.6 is 11.6 Å². The third-order valence-electron chi connectivity index (χ3n) is 4.75. The van der Waals surface area contributed by atoms with Gasteiger partial charge in [0.2, 0.25) is 5.69 Å². The minimum Gasteiger partial charge on any atom is -0.385 e. The smallest absolute Gasteiger partial charge is 0.352 e. The lowest BCUT2D eigenvalue weighted by Crippen LogP contribution is -2.46. The molecule has 31 heavy (non-hydrogen) atoms. The van der Waals surface area contributed by atoms with Crippen LogP contribution in [0.15, 0.2) is 58.1 Å². The second-order valence-electron chi connectivity index (χ2n) is 6.94. The number of nitrogens with zero attached hydrogens (tertiary/aromatic N) is 3. The number of rotatable bonds is 8. The summed E-state index contributed by atoms with van der Waals surface area (Å²) in [6.45, 7) is 2.69. The molecule has 0 spiro atoms. The predicted molar refractivity (Wildman–Crippen MR) is 118 cm³/mol. The second-order valence-corrected chi connectivity index (χ2v) is 7.38. The number of carbonyl (C=O) groups is 1. The molecule has 9 heteroatoms. The molecule has 3 aromatic rings. The summed E-state index contributed by atoms with van der Waals surface area (Å²) in [5.74, 6) is -0.651. The van der Waals surface area contributed by atoms with Crippen LogP contribution in [0.25, 0.3) is 5.69 Å². The number of amides is 1. The fourth-order valence-electron chi connectivity index (χ4n) is 3.01. The first-order valence-electron chi connectivity index (χ1n) is 9.74. The van der Waals surface area contributed by atoms with Gasteiger partial charge in [0.1, 0.15) is 0 Å². The maximum atomic E-state index is 13.1. The van der Waals surface area contributed by atoms with Gasteiger partial charge in [0.05, 0.1) is 12.2 Å². The first-order valence-corrected chi connectivity index (χ1v) is 10.1. The molecule has 0 aliphatic rings. The summed E-state index contributed by atoms with van der Waals surface area (Å²) in [6.07, 6.45) is 0.580.